The van der Waals surface area contributed by atoms with E-state index in [1.165, 1.54) is 13.8 Å². The molecular formula is C30H26BrN3O4. The second-order valence-corrected chi connectivity index (χ2v) is 9.41. The summed E-state index contributed by atoms with van der Waals surface area (Å²) in [4.78, 5) is 34.0. The molecule has 0 atom stereocenters. The topological polar surface area (TPSA) is 80.6 Å². The first-order valence-electron chi connectivity index (χ1n) is 11.9. The lowest BCUT2D eigenvalue weighted by Crippen LogP contribution is -2.11. The van der Waals surface area contributed by atoms with E-state index in [0.29, 0.717) is 11.4 Å². The smallest absolute Gasteiger partial charge is 0.318 e. The van der Waals surface area contributed by atoms with Gasteiger partial charge in [-0.3, -0.25) is 0 Å². The van der Waals surface area contributed by atoms with Crippen LogP contribution in [-0.2, 0) is 19.3 Å². The molecule has 8 heteroatoms. The summed E-state index contributed by atoms with van der Waals surface area (Å²) in [7, 11) is 0. The van der Waals surface area contributed by atoms with E-state index in [0.717, 1.165) is 43.4 Å². The van der Waals surface area contributed by atoms with Crippen LogP contribution in [0, 0.1) is 0 Å². The Labute approximate surface area is 229 Å². The van der Waals surface area contributed by atoms with E-state index in [2.05, 4.69) is 49.3 Å². The average Bonchev–Trinajstić information content (AvgIpc) is 2.92. The molecule has 0 heterocycles. The van der Waals surface area contributed by atoms with Gasteiger partial charge in [-0.15, -0.1) is 0 Å². The number of rotatable bonds is 7. The van der Waals surface area contributed by atoms with Crippen molar-refractivity contribution in [1.29, 1.82) is 0 Å². The normalized spacial score (nSPS) is 11.8. The molecule has 0 aliphatic heterocycles. The number of carbonyl (C=O) groups is 2. The van der Waals surface area contributed by atoms with Crippen LogP contribution in [0.4, 0.5) is 17.1 Å². The monoisotopic (exact) mass is 571 g/mol. The van der Waals surface area contributed by atoms with E-state index < -0.39 is 11.9 Å². The molecule has 4 aromatic carbocycles. The number of halogens is 1. The predicted molar refractivity (Wildman–Crippen MR) is 154 cm³/mol. The maximum atomic E-state index is 11.1. The Bertz CT molecular complexity index is 1470. The Kier molecular flexibility index (Phi) is 8.33. The van der Waals surface area contributed by atoms with E-state index in [4.69, 9.17) is 9.68 Å². The van der Waals surface area contributed by atoms with Crippen molar-refractivity contribution < 1.29 is 19.3 Å². The van der Waals surface area contributed by atoms with Gasteiger partial charge in [-0.2, -0.15) is 0 Å². The second kappa shape index (κ2) is 11.8. The molecular weight excluding hydrogens is 546 g/mol. The Morgan fingerprint density at radius 3 is 1.53 bits per heavy atom. The summed E-state index contributed by atoms with van der Waals surface area (Å²) in [5.74, 6) is -0.934. The highest BCUT2D eigenvalue weighted by atomic mass is 79.9. The number of benzene rings is 4. The molecule has 0 saturated heterocycles. The summed E-state index contributed by atoms with van der Waals surface area (Å²) < 4.78 is 1.01. The predicted octanol–water partition coefficient (Wildman–Crippen LogP) is 7.65. The van der Waals surface area contributed by atoms with E-state index in [1.54, 1.807) is 13.8 Å². The van der Waals surface area contributed by atoms with Gasteiger partial charge in [0.25, 0.3) is 0 Å². The average molecular weight is 572 g/mol. The molecule has 0 amide bonds. The lowest BCUT2D eigenvalue weighted by molar-refractivity contribution is -0.141. The maximum absolute atomic E-state index is 11.1. The molecule has 0 aliphatic rings. The van der Waals surface area contributed by atoms with Crippen molar-refractivity contribution in [2.45, 2.75) is 27.7 Å². The molecule has 0 bridgehead atoms. The van der Waals surface area contributed by atoms with Gasteiger partial charge >= 0.3 is 11.9 Å². The molecule has 7 nitrogen and oxygen atoms in total. The summed E-state index contributed by atoms with van der Waals surface area (Å²) >= 11 is 3.68. The lowest BCUT2D eigenvalue weighted by Gasteiger charge is -2.27. The van der Waals surface area contributed by atoms with Gasteiger partial charge in [-0.1, -0.05) is 74.8 Å². The van der Waals surface area contributed by atoms with Crippen LogP contribution in [0.2, 0.25) is 0 Å². The third kappa shape index (κ3) is 6.15. The summed E-state index contributed by atoms with van der Waals surface area (Å²) in [6.07, 6.45) is 0. The van der Waals surface area contributed by atoms with Crippen LogP contribution in [-0.4, -0.2) is 23.4 Å². The first kappa shape index (κ1) is 26.8. The van der Waals surface area contributed by atoms with Crippen molar-refractivity contribution in [1.82, 2.24) is 0 Å². The van der Waals surface area contributed by atoms with Gasteiger partial charge in [-0.25, -0.2) is 9.59 Å². The molecule has 0 unspecified atom stereocenters. The number of anilines is 3. The van der Waals surface area contributed by atoms with Crippen LogP contribution in [0.15, 0.2) is 99.7 Å². The van der Waals surface area contributed by atoms with Crippen molar-refractivity contribution in [3.05, 3.63) is 101 Å². The van der Waals surface area contributed by atoms with Crippen molar-refractivity contribution >= 4 is 67.1 Å². The van der Waals surface area contributed by atoms with E-state index in [1.807, 2.05) is 66.7 Å². The minimum atomic E-state index is -0.467. The summed E-state index contributed by atoms with van der Waals surface area (Å²) in [5, 5.41) is 9.96. The van der Waals surface area contributed by atoms with Crippen LogP contribution in [0.1, 0.15) is 38.8 Å². The lowest BCUT2D eigenvalue weighted by atomic mass is 10.0. The van der Waals surface area contributed by atoms with Gasteiger partial charge in [0.15, 0.2) is 0 Å². The van der Waals surface area contributed by atoms with Crippen LogP contribution < -0.4 is 4.90 Å². The standard InChI is InChI=1S/C30H26BrN3O4/c1-19(32-37-21(3)35)23-9-13-25(14-10-23)34(30-18-17-29(31)27-7-5-6-8-28(27)30)26-15-11-24(12-16-26)20(2)33-38-22(4)36/h5-18H,1-4H3/b32-19-,33-20-. The number of fused-ring (bicyclic) bond motifs is 1. The zero-order valence-corrected chi connectivity index (χ0v) is 23.0. The Hall–Kier alpha value is -4.30. The summed E-state index contributed by atoms with van der Waals surface area (Å²) in [6, 6.07) is 28.1. The fraction of sp³-hybridized carbons (Fsp3) is 0.133. The molecule has 0 N–H and O–H groups in total. The minimum absolute atomic E-state index is 0.467. The van der Waals surface area contributed by atoms with E-state index in [9.17, 15) is 9.59 Å². The molecule has 0 saturated carbocycles. The summed E-state index contributed by atoms with van der Waals surface area (Å²) in [5.41, 5.74) is 5.73. The van der Waals surface area contributed by atoms with Crippen molar-refractivity contribution in [3.63, 3.8) is 0 Å². The summed E-state index contributed by atoms with van der Waals surface area (Å²) in [6.45, 7) is 6.21. The van der Waals surface area contributed by atoms with Gasteiger partial charge in [0.1, 0.15) is 0 Å². The Morgan fingerprint density at radius 2 is 1.08 bits per heavy atom. The van der Waals surface area contributed by atoms with E-state index in [-0.39, 0.29) is 0 Å². The quantitative estimate of drug-likeness (QED) is 0.129. The molecule has 0 fully saturated rings. The molecule has 0 aromatic heterocycles. The van der Waals surface area contributed by atoms with Crippen molar-refractivity contribution in [3.8, 4) is 0 Å². The van der Waals surface area contributed by atoms with Crippen LogP contribution in [0.5, 0.6) is 0 Å². The van der Waals surface area contributed by atoms with Gasteiger partial charge in [0.2, 0.25) is 0 Å². The molecule has 38 heavy (non-hydrogen) atoms. The van der Waals surface area contributed by atoms with Crippen LogP contribution >= 0.6 is 15.9 Å². The molecule has 0 spiro atoms. The molecule has 0 radical (unpaired) electrons. The third-order valence-corrected chi connectivity index (χ3v) is 6.49. The number of hydrogen-bond donors (Lipinski definition) is 0. The first-order chi connectivity index (χ1) is 18.2. The minimum Gasteiger partial charge on any atom is -0.318 e. The number of hydrogen-bond acceptors (Lipinski definition) is 7. The van der Waals surface area contributed by atoms with Gasteiger partial charge in [0, 0.05) is 35.1 Å². The van der Waals surface area contributed by atoms with Gasteiger partial charge < -0.3 is 14.6 Å². The van der Waals surface area contributed by atoms with E-state index >= 15 is 0 Å². The molecule has 4 rings (SSSR count). The Balaban J connectivity index is 1.80. The van der Waals surface area contributed by atoms with Crippen LogP contribution in [0.3, 0.4) is 0 Å². The SMILES string of the molecule is CC(=O)O/N=C(/C)c1ccc(N(c2ccc(/C(C)=N\OC(C)=O)cc2)c2ccc(Br)c3ccccc23)cc1. The second-order valence-electron chi connectivity index (χ2n) is 8.56. The highest BCUT2D eigenvalue weighted by molar-refractivity contribution is 9.10. The number of oxime groups is 2. The van der Waals surface area contributed by atoms with Crippen LogP contribution in [0.25, 0.3) is 10.8 Å². The molecule has 4 aromatic rings. The zero-order chi connectivity index (χ0) is 27.2. The number of nitrogens with zero attached hydrogens (tertiary/aromatic N) is 3. The largest absolute Gasteiger partial charge is 0.331 e. The highest BCUT2D eigenvalue weighted by Crippen LogP contribution is 2.40. The molecule has 192 valence electrons. The van der Waals surface area contributed by atoms with Crippen molar-refractivity contribution in [2.24, 2.45) is 10.3 Å². The Morgan fingerprint density at radius 1 is 0.632 bits per heavy atom. The van der Waals surface area contributed by atoms with Gasteiger partial charge in [-0.05, 0) is 66.8 Å². The highest BCUT2D eigenvalue weighted by Gasteiger charge is 2.17. The third-order valence-electron chi connectivity index (χ3n) is 5.80. The van der Waals surface area contributed by atoms with Gasteiger partial charge in [0.05, 0.1) is 17.1 Å². The zero-order valence-electron chi connectivity index (χ0n) is 21.4. The fourth-order valence-electron chi connectivity index (χ4n) is 3.94. The molecule has 0 aliphatic carbocycles. The van der Waals surface area contributed by atoms with Crippen molar-refractivity contribution in [2.75, 3.05) is 4.90 Å². The fourth-order valence-corrected chi connectivity index (χ4v) is 4.42. The maximum Gasteiger partial charge on any atom is 0.331 e. The first-order valence-corrected chi connectivity index (χ1v) is 12.7. The number of carbonyl (C=O) groups excluding carboxylic acids is 2.